The molecule has 0 aliphatic heterocycles. The minimum absolute atomic E-state index is 0.0584. The summed E-state index contributed by atoms with van der Waals surface area (Å²) >= 11 is 0. The number of aryl methyl sites for hydroxylation is 2. The first-order valence-corrected chi connectivity index (χ1v) is 6.63. The Bertz CT molecular complexity index is 663. The van der Waals surface area contributed by atoms with Crippen LogP contribution < -0.4 is 0 Å². The van der Waals surface area contributed by atoms with Crippen molar-refractivity contribution >= 4 is 16.7 Å². The van der Waals surface area contributed by atoms with Crippen molar-refractivity contribution in [3.05, 3.63) is 40.6 Å². The summed E-state index contributed by atoms with van der Waals surface area (Å²) in [5, 5.41) is 0.962. The highest BCUT2D eigenvalue weighted by Gasteiger charge is 2.19. The Kier molecular flexibility index (Phi) is 3.21. The minimum Gasteiger partial charge on any atom is -0.294 e. The molecule has 0 amide bonds. The molecule has 0 fully saturated rings. The average molecular weight is 255 g/mol. The zero-order valence-electron chi connectivity index (χ0n) is 12.6. The Labute approximate surface area is 114 Å². The molecule has 0 saturated carbocycles. The summed E-state index contributed by atoms with van der Waals surface area (Å²) in [5.41, 5.74) is 5.00. The summed E-state index contributed by atoms with van der Waals surface area (Å²) in [6.45, 7) is 12.1. The Balaban J connectivity index is 2.88. The molecule has 19 heavy (non-hydrogen) atoms. The van der Waals surface area contributed by atoms with E-state index in [0.717, 1.165) is 22.2 Å². The lowest BCUT2D eigenvalue weighted by Gasteiger charge is -2.20. The van der Waals surface area contributed by atoms with Crippen molar-refractivity contribution in [2.24, 2.45) is 0 Å². The van der Waals surface area contributed by atoms with Gasteiger partial charge in [0, 0.05) is 22.1 Å². The second kappa shape index (κ2) is 4.44. The number of benzene rings is 1. The van der Waals surface area contributed by atoms with Crippen LogP contribution in [-0.2, 0) is 5.41 Å². The summed E-state index contributed by atoms with van der Waals surface area (Å²) in [4.78, 5) is 16.6. The SMILES string of the molecule is CC(=O)c1cc(C(C)(C)C)nc2cc(C)c(C)cc12. The average Bonchev–Trinajstić information content (AvgIpc) is 2.27. The maximum Gasteiger partial charge on any atom is 0.160 e. The molecule has 2 heteroatoms. The number of Topliss-reactive ketones (excluding diaryl/α,β-unsaturated/α-hetero) is 1. The van der Waals surface area contributed by atoms with Crippen LogP contribution in [0, 0.1) is 13.8 Å². The Morgan fingerprint density at radius 3 is 2.16 bits per heavy atom. The van der Waals surface area contributed by atoms with Crippen LogP contribution in [0.25, 0.3) is 10.9 Å². The van der Waals surface area contributed by atoms with E-state index in [4.69, 9.17) is 4.98 Å². The number of carbonyl (C=O) groups is 1. The Morgan fingerprint density at radius 1 is 1.05 bits per heavy atom. The number of hydrogen-bond acceptors (Lipinski definition) is 2. The number of ketones is 1. The molecule has 2 aromatic rings. The van der Waals surface area contributed by atoms with Gasteiger partial charge in [0.15, 0.2) is 5.78 Å². The molecule has 2 rings (SSSR count). The van der Waals surface area contributed by atoms with Gasteiger partial charge < -0.3 is 0 Å². The largest absolute Gasteiger partial charge is 0.294 e. The van der Waals surface area contributed by atoms with E-state index >= 15 is 0 Å². The van der Waals surface area contributed by atoms with Gasteiger partial charge in [-0.25, -0.2) is 0 Å². The van der Waals surface area contributed by atoms with E-state index < -0.39 is 0 Å². The second-order valence-corrected chi connectivity index (χ2v) is 6.31. The molecule has 100 valence electrons. The number of nitrogens with zero attached hydrogens (tertiary/aromatic N) is 1. The Hall–Kier alpha value is -1.70. The van der Waals surface area contributed by atoms with Crippen LogP contribution in [0.3, 0.4) is 0 Å². The van der Waals surface area contributed by atoms with Crippen LogP contribution in [0.1, 0.15) is 54.9 Å². The van der Waals surface area contributed by atoms with Crippen LogP contribution in [-0.4, -0.2) is 10.8 Å². The van der Waals surface area contributed by atoms with Gasteiger partial charge in [-0.05, 0) is 50.1 Å². The third-order valence-electron chi connectivity index (χ3n) is 3.57. The molecule has 1 heterocycles. The van der Waals surface area contributed by atoms with E-state index in [2.05, 4.69) is 46.8 Å². The Morgan fingerprint density at radius 2 is 1.63 bits per heavy atom. The van der Waals surface area contributed by atoms with E-state index in [9.17, 15) is 4.79 Å². The number of rotatable bonds is 1. The number of carbonyl (C=O) groups excluding carboxylic acids is 1. The van der Waals surface area contributed by atoms with Gasteiger partial charge in [0.25, 0.3) is 0 Å². The molecule has 0 radical (unpaired) electrons. The molecule has 0 aliphatic rings. The molecule has 0 N–H and O–H groups in total. The van der Waals surface area contributed by atoms with Gasteiger partial charge in [-0.2, -0.15) is 0 Å². The number of fused-ring (bicyclic) bond motifs is 1. The van der Waals surface area contributed by atoms with Crippen molar-refractivity contribution in [2.45, 2.75) is 47.0 Å². The molecule has 0 spiro atoms. The fraction of sp³-hybridized carbons (Fsp3) is 0.412. The van der Waals surface area contributed by atoms with Crippen molar-refractivity contribution in [3.8, 4) is 0 Å². The smallest absolute Gasteiger partial charge is 0.160 e. The summed E-state index contributed by atoms with van der Waals surface area (Å²) in [6, 6.07) is 6.09. The van der Waals surface area contributed by atoms with E-state index in [1.54, 1.807) is 6.92 Å². The molecule has 0 atom stereocenters. The van der Waals surface area contributed by atoms with E-state index in [-0.39, 0.29) is 11.2 Å². The van der Waals surface area contributed by atoms with Gasteiger partial charge in [-0.15, -0.1) is 0 Å². The first-order chi connectivity index (χ1) is 8.70. The van der Waals surface area contributed by atoms with E-state index in [1.807, 2.05) is 6.07 Å². The zero-order chi connectivity index (χ0) is 14.4. The zero-order valence-corrected chi connectivity index (χ0v) is 12.6. The molecule has 0 unspecified atom stereocenters. The van der Waals surface area contributed by atoms with Crippen LogP contribution in [0.4, 0.5) is 0 Å². The number of pyridine rings is 1. The third-order valence-corrected chi connectivity index (χ3v) is 3.57. The van der Waals surface area contributed by atoms with Gasteiger partial charge >= 0.3 is 0 Å². The predicted octanol–water partition coefficient (Wildman–Crippen LogP) is 4.35. The van der Waals surface area contributed by atoms with Gasteiger partial charge in [0.1, 0.15) is 0 Å². The first-order valence-electron chi connectivity index (χ1n) is 6.63. The molecular weight excluding hydrogens is 234 g/mol. The quantitative estimate of drug-likeness (QED) is 0.709. The van der Waals surface area contributed by atoms with Crippen LogP contribution in [0.5, 0.6) is 0 Å². The lowest BCUT2D eigenvalue weighted by Crippen LogP contribution is -2.15. The molecule has 1 aromatic carbocycles. The topological polar surface area (TPSA) is 30.0 Å². The second-order valence-electron chi connectivity index (χ2n) is 6.31. The lowest BCUT2D eigenvalue weighted by molar-refractivity contribution is 0.101. The van der Waals surface area contributed by atoms with Crippen molar-refractivity contribution in [1.29, 1.82) is 0 Å². The summed E-state index contributed by atoms with van der Waals surface area (Å²) < 4.78 is 0. The molecule has 0 aliphatic carbocycles. The van der Waals surface area contributed by atoms with E-state index in [1.165, 1.54) is 11.1 Å². The number of hydrogen-bond donors (Lipinski definition) is 0. The van der Waals surface area contributed by atoms with Gasteiger partial charge in [-0.1, -0.05) is 20.8 Å². The predicted molar refractivity (Wildman–Crippen MR) is 79.9 cm³/mol. The van der Waals surface area contributed by atoms with Gasteiger partial charge in [0.2, 0.25) is 0 Å². The molecule has 1 aromatic heterocycles. The lowest BCUT2D eigenvalue weighted by atomic mass is 9.89. The maximum atomic E-state index is 11.9. The fourth-order valence-corrected chi connectivity index (χ4v) is 2.16. The van der Waals surface area contributed by atoms with Gasteiger partial charge in [0.05, 0.1) is 5.52 Å². The molecule has 2 nitrogen and oxygen atoms in total. The molecular formula is C17H21NO. The van der Waals surface area contributed by atoms with Crippen molar-refractivity contribution < 1.29 is 4.79 Å². The highest BCUT2D eigenvalue weighted by molar-refractivity contribution is 6.06. The molecule has 0 saturated heterocycles. The standard InChI is InChI=1S/C17H21NO/c1-10-7-14-13(12(3)19)9-16(17(4,5)6)18-15(14)8-11(10)2/h7-9H,1-6H3. The summed E-state index contributed by atoms with van der Waals surface area (Å²) in [5.74, 6) is 0.0983. The maximum absolute atomic E-state index is 11.9. The fourth-order valence-electron chi connectivity index (χ4n) is 2.16. The monoisotopic (exact) mass is 255 g/mol. The normalized spacial score (nSPS) is 11.9. The van der Waals surface area contributed by atoms with Crippen LogP contribution >= 0.6 is 0 Å². The highest BCUT2D eigenvalue weighted by Crippen LogP contribution is 2.28. The first kappa shape index (κ1) is 13.7. The third kappa shape index (κ3) is 2.53. The van der Waals surface area contributed by atoms with Crippen molar-refractivity contribution in [2.75, 3.05) is 0 Å². The molecule has 0 bridgehead atoms. The van der Waals surface area contributed by atoms with E-state index in [0.29, 0.717) is 0 Å². The minimum atomic E-state index is -0.0584. The van der Waals surface area contributed by atoms with Crippen molar-refractivity contribution in [3.63, 3.8) is 0 Å². The van der Waals surface area contributed by atoms with Crippen LogP contribution in [0.2, 0.25) is 0 Å². The summed E-state index contributed by atoms with van der Waals surface area (Å²) in [7, 11) is 0. The van der Waals surface area contributed by atoms with Crippen LogP contribution in [0.15, 0.2) is 18.2 Å². The summed E-state index contributed by atoms with van der Waals surface area (Å²) in [6.07, 6.45) is 0. The highest BCUT2D eigenvalue weighted by atomic mass is 16.1. The van der Waals surface area contributed by atoms with Crippen molar-refractivity contribution in [1.82, 2.24) is 4.98 Å². The van der Waals surface area contributed by atoms with Gasteiger partial charge in [-0.3, -0.25) is 9.78 Å². The number of aromatic nitrogens is 1.